The summed E-state index contributed by atoms with van der Waals surface area (Å²) in [6.07, 6.45) is 1.91. The van der Waals surface area contributed by atoms with E-state index in [0.717, 1.165) is 5.71 Å². The lowest BCUT2D eigenvalue weighted by Crippen LogP contribution is -2.07. The van der Waals surface area contributed by atoms with Crippen LogP contribution in [0.4, 0.5) is 0 Å². The SMILES string of the molecule is C=C(N)C(C=C(C)C)=NC. The number of nitrogens with zero attached hydrogens (tertiary/aromatic N) is 1. The van der Waals surface area contributed by atoms with Gasteiger partial charge in [-0.15, -0.1) is 0 Å². The Balaban J connectivity index is 4.42. The van der Waals surface area contributed by atoms with Gasteiger partial charge in [0.15, 0.2) is 0 Å². The fraction of sp³-hybridized carbons (Fsp3) is 0.375. The monoisotopic (exact) mass is 138 g/mol. The summed E-state index contributed by atoms with van der Waals surface area (Å²) >= 11 is 0. The molecule has 0 radical (unpaired) electrons. The van der Waals surface area contributed by atoms with Crippen LogP contribution in [-0.2, 0) is 0 Å². The standard InChI is InChI=1S/C8H14N2/c1-6(2)5-8(10-4)7(3)9/h5H,3,9H2,1-2,4H3. The van der Waals surface area contributed by atoms with E-state index in [2.05, 4.69) is 11.6 Å². The molecule has 2 heteroatoms. The maximum absolute atomic E-state index is 5.43. The third-order valence-electron chi connectivity index (χ3n) is 0.995. The first-order valence-electron chi connectivity index (χ1n) is 3.14. The Morgan fingerprint density at radius 3 is 2.10 bits per heavy atom. The van der Waals surface area contributed by atoms with Crippen molar-refractivity contribution in [1.82, 2.24) is 0 Å². The van der Waals surface area contributed by atoms with Crippen LogP contribution in [0.3, 0.4) is 0 Å². The van der Waals surface area contributed by atoms with Crippen LogP contribution in [0.2, 0.25) is 0 Å². The average molecular weight is 138 g/mol. The average Bonchev–Trinajstić information content (AvgIpc) is 1.81. The summed E-state index contributed by atoms with van der Waals surface area (Å²) in [6.45, 7) is 7.57. The Morgan fingerprint density at radius 1 is 1.50 bits per heavy atom. The van der Waals surface area contributed by atoms with Crippen LogP contribution in [0.25, 0.3) is 0 Å². The maximum atomic E-state index is 5.43. The van der Waals surface area contributed by atoms with E-state index in [1.54, 1.807) is 7.05 Å². The minimum absolute atomic E-state index is 0.517. The molecule has 0 unspecified atom stereocenters. The van der Waals surface area contributed by atoms with Crippen molar-refractivity contribution in [1.29, 1.82) is 0 Å². The van der Waals surface area contributed by atoms with Crippen molar-refractivity contribution in [2.75, 3.05) is 7.05 Å². The molecule has 0 amide bonds. The molecule has 0 atom stereocenters. The Kier molecular flexibility index (Phi) is 3.47. The van der Waals surface area contributed by atoms with Gasteiger partial charge in [0.25, 0.3) is 0 Å². The molecule has 0 saturated carbocycles. The molecule has 0 aromatic rings. The van der Waals surface area contributed by atoms with Crippen LogP contribution < -0.4 is 5.73 Å². The summed E-state index contributed by atoms with van der Waals surface area (Å²) in [7, 11) is 1.70. The van der Waals surface area contributed by atoms with E-state index in [1.165, 1.54) is 5.57 Å². The summed E-state index contributed by atoms with van der Waals surface area (Å²) in [6, 6.07) is 0. The molecule has 0 aliphatic carbocycles. The number of hydrogen-bond acceptors (Lipinski definition) is 2. The minimum Gasteiger partial charge on any atom is -0.397 e. The molecule has 0 rings (SSSR count). The predicted octanol–water partition coefficient (Wildman–Crippen LogP) is 1.50. The quantitative estimate of drug-likeness (QED) is 0.577. The van der Waals surface area contributed by atoms with E-state index >= 15 is 0 Å². The highest BCUT2D eigenvalue weighted by atomic mass is 14.7. The second-order valence-corrected chi connectivity index (χ2v) is 2.36. The molecule has 10 heavy (non-hydrogen) atoms. The smallest absolute Gasteiger partial charge is 0.0793 e. The second kappa shape index (κ2) is 3.88. The van der Waals surface area contributed by atoms with Gasteiger partial charge in [-0.25, -0.2) is 0 Å². The summed E-state index contributed by atoms with van der Waals surface area (Å²) in [5, 5.41) is 0. The van der Waals surface area contributed by atoms with Crippen LogP contribution in [0.5, 0.6) is 0 Å². The third kappa shape index (κ3) is 3.07. The first-order chi connectivity index (χ1) is 4.57. The molecule has 0 aromatic heterocycles. The molecule has 0 aliphatic rings. The van der Waals surface area contributed by atoms with Gasteiger partial charge in [0.05, 0.1) is 5.71 Å². The van der Waals surface area contributed by atoms with E-state index in [-0.39, 0.29) is 0 Å². The van der Waals surface area contributed by atoms with Gasteiger partial charge in [-0.3, -0.25) is 4.99 Å². The van der Waals surface area contributed by atoms with Crippen molar-refractivity contribution in [2.45, 2.75) is 13.8 Å². The molecular weight excluding hydrogens is 124 g/mol. The Morgan fingerprint density at radius 2 is 2.00 bits per heavy atom. The Hall–Kier alpha value is -1.05. The molecule has 2 N–H and O–H groups in total. The van der Waals surface area contributed by atoms with E-state index in [1.807, 2.05) is 19.9 Å². The lowest BCUT2D eigenvalue weighted by atomic mass is 10.2. The Bertz CT molecular complexity index is 183. The van der Waals surface area contributed by atoms with Gasteiger partial charge in [0, 0.05) is 12.7 Å². The van der Waals surface area contributed by atoms with Crippen molar-refractivity contribution in [3.05, 3.63) is 23.9 Å². The summed E-state index contributed by atoms with van der Waals surface area (Å²) in [5.41, 5.74) is 7.88. The second-order valence-electron chi connectivity index (χ2n) is 2.36. The van der Waals surface area contributed by atoms with Crippen LogP contribution in [0.1, 0.15) is 13.8 Å². The topological polar surface area (TPSA) is 38.4 Å². The van der Waals surface area contributed by atoms with Crippen LogP contribution in [-0.4, -0.2) is 12.8 Å². The number of allylic oxidation sites excluding steroid dienone is 2. The number of rotatable bonds is 2. The van der Waals surface area contributed by atoms with Gasteiger partial charge in [-0.2, -0.15) is 0 Å². The molecule has 0 aliphatic heterocycles. The maximum Gasteiger partial charge on any atom is 0.0793 e. The zero-order valence-corrected chi connectivity index (χ0v) is 6.81. The van der Waals surface area contributed by atoms with Gasteiger partial charge in [-0.05, 0) is 19.9 Å². The first kappa shape index (κ1) is 8.95. The highest BCUT2D eigenvalue weighted by molar-refractivity contribution is 6.07. The molecule has 0 bridgehead atoms. The van der Waals surface area contributed by atoms with E-state index < -0.39 is 0 Å². The normalized spacial score (nSPS) is 10.9. The molecule has 0 saturated heterocycles. The van der Waals surface area contributed by atoms with Crippen molar-refractivity contribution in [2.24, 2.45) is 10.7 Å². The number of hydrogen-bond donors (Lipinski definition) is 1. The lowest BCUT2D eigenvalue weighted by Gasteiger charge is -1.97. The molecule has 2 nitrogen and oxygen atoms in total. The molecular formula is C8H14N2. The Labute approximate surface area is 62.1 Å². The lowest BCUT2D eigenvalue weighted by molar-refractivity contribution is 1.36. The highest BCUT2D eigenvalue weighted by Crippen LogP contribution is 1.94. The summed E-state index contributed by atoms with van der Waals surface area (Å²) in [5.74, 6) is 0. The van der Waals surface area contributed by atoms with E-state index in [9.17, 15) is 0 Å². The van der Waals surface area contributed by atoms with Gasteiger partial charge >= 0.3 is 0 Å². The number of nitrogens with two attached hydrogens (primary N) is 1. The largest absolute Gasteiger partial charge is 0.397 e. The number of aliphatic imine (C=N–C) groups is 1. The van der Waals surface area contributed by atoms with Crippen molar-refractivity contribution < 1.29 is 0 Å². The minimum atomic E-state index is 0.517. The highest BCUT2D eigenvalue weighted by Gasteiger charge is 1.92. The fourth-order valence-electron chi connectivity index (χ4n) is 0.574. The van der Waals surface area contributed by atoms with Crippen LogP contribution >= 0.6 is 0 Å². The summed E-state index contributed by atoms with van der Waals surface area (Å²) in [4.78, 5) is 3.94. The van der Waals surface area contributed by atoms with Gasteiger partial charge in [0.1, 0.15) is 0 Å². The molecule has 0 fully saturated rings. The summed E-state index contributed by atoms with van der Waals surface area (Å²) < 4.78 is 0. The van der Waals surface area contributed by atoms with Crippen molar-refractivity contribution >= 4 is 5.71 Å². The van der Waals surface area contributed by atoms with Gasteiger partial charge in [-0.1, -0.05) is 12.2 Å². The molecule has 0 aromatic carbocycles. The van der Waals surface area contributed by atoms with Gasteiger partial charge < -0.3 is 5.73 Å². The molecule has 56 valence electrons. The molecule has 0 heterocycles. The zero-order chi connectivity index (χ0) is 8.15. The van der Waals surface area contributed by atoms with Crippen LogP contribution in [0, 0.1) is 0 Å². The van der Waals surface area contributed by atoms with E-state index in [0.29, 0.717) is 5.70 Å². The van der Waals surface area contributed by atoms with Crippen molar-refractivity contribution in [3.63, 3.8) is 0 Å². The van der Waals surface area contributed by atoms with Crippen LogP contribution in [0.15, 0.2) is 28.9 Å². The third-order valence-corrected chi connectivity index (χ3v) is 0.995. The molecule has 0 spiro atoms. The van der Waals surface area contributed by atoms with Gasteiger partial charge in [0.2, 0.25) is 0 Å². The van der Waals surface area contributed by atoms with Crippen molar-refractivity contribution in [3.8, 4) is 0 Å². The van der Waals surface area contributed by atoms with E-state index in [4.69, 9.17) is 5.73 Å². The first-order valence-corrected chi connectivity index (χ1v) is 3.14. The fourth-order valence-corrected chi connectivity index (χ4v) is 0.574. The predicted molar refractivity (Wildman–Crippen MR) is 46.1 cm³/mol. The zero-order valence-electron chi connectivity index (χ0n) is 6.81.